The van der Waals surface area contributed by atoms with Crippen LogP contribution >= 0.6 is 11.6 Å². The third-order valence-corrected chi connectivity index (χ3v) is 4.88. The zero-order valence-corrected chi connectivity index (χ0v) is 15.9. The monoisotopic (exact) mass is 364 g/mol. The standard InChI is InChI=1S/C20H26ClFN2O/c1-4-10-24(19(25)20(2,3)15-21)14-18-9-6-11-23(18)13-16-7-5-8-17(22)12-16/h5-9,11-12H,4,10,13-15H2,1-3H3. The van der Waals surface area contributed by atoms with Gasteiger partial charge < -0.3 is 9.47 Å². The average molecular weight is 365 g/mol. The summed E-state index contributed by atoms with van der Waals surface area (Å²) in [5.41, 5.74) is 1.33. The molecule has 1 heterocycles. The maximum atomic E-state index is 13.4. The van der Waals surface area contributed by atoms with E-state index in [0.717, 1.165) is 17.7 Å². The average Bonchev–Trinajstić information content (AvgIpc) is 3.00. The van der Waals surface area contributed by atoms with E-state index in [1.54, 1.807) is 6.07 Å². The molecule has 0 aliphatic heterocycles. The number of hydrogen-bond acceptors (Lipinski definition) is 1. The Morgan fingerprint density at radius 1 is 1.28 bits per heavy atom. The molecule has 136 valence electrons. The Morgan fingerprint density at radius 3 is 2.68 bits per heavy atom. The van der Waals surface area contributed by atoms with E-state index in [1.807, 2.05) is 43.1 Å². The van der Waals surface area contributed by atoms with Gasteiger partial charge >= 0.3 is 0 Å². The minimum absolute atomic E-state index is 0.0582. The molecule has 0 saturated heterocycles. The zero-order chi connectivity index (χ0) is 18.4. The van der Waals surface area contributed by atoms with Crippen LogP contribution in [0.1, 0.15) is 38.4 Å². The van der Waals surface area contributed by atoms with Crippen molar-refractivity contribution in [3.63, 3.8) is 0 Å². The number of hydrogen-bond donors (Lipinski definition) is 0. The van der Waals surface area contributed by atoms with Crippen molar-refractivity contribution >= 4 is 17.5 Å². The highest BCUT2D eigenvalue weighted by molar-refractivity contribution is 6.19. The maximum absolute atomic E-state index is 13.4. The molecule has 0 aliphatic carbocycles. The smallest absolute Gasteiger partial charge is 0.229 e. The molecule has 0 fully saturated rings. The van der Waals surface area contributed by atoms with Crippen molar-refractivity contribution in [2.45, 2.75) is 40.3 Å². The van der Waals surface area contributed by atoms with E-state index in [-0.39, 0.29) is 17.6 Å². The van der Waals surface area contributed by atoms with Gasteiger partial charge in [0.2, 0.25) is 5.91 Å². The number of rotatable bonds is 8. The molecule has 1 aromatic heterocycles. The number of halogens is 2. The summed E-state index contributed by atoms with van der Waals surface area (Å²) in [5.74, 6) is 0.108. The molecule has 0 aliphatic rings. The van der Waals surface area contributed by atoms with Crippen LogP contribution < -0.4 is 0 Å². The Labute approximate surface area is 154 Å². The van der Waals surface area contributed by atoms with Crippen molar-refractivity contribution < 1.29 is 9.18 Å². The first-order valence-corrected chi connectivity index (χ1v) is 9.14. The van der Waals surface area contributed by atoms with Crippen LogP contribution in [0.2, 0.25) is 0 Å². The summed E-state index contributed by atoms with van der Waals surface area (Å²) in [6.07, 6.45) is 2.84. The third kappa shape index (κ3) is 5.08. The van der Waals surface area contributed by atoms with Crippen molar-refractivity contribution in [2.24, 2.45) is 5.41 Å². The number of carbonyl (C=O) groups is 1. The van der Waals surface area contributed by atoms with Gasteiger partial charge in [-0.05, 0) is 50.1 Å². The van der Waals surface area contributed by atoms with Gasteiger partial charge in [-0.2, -0.15) is 0 Å². The molecule has 2 aromatic rings. The fraction of sp³-hybridized carbons (Fsp3) is 0.450. The lowest BCUT2D eigenvalue weighted by Gasteiger charge is -2.31. The maximum Gasteiger partial charge on any atom is 0.229 e. The van der Waals surface area contributed by atoms with Gasteiger partial charge in [-0.3, -0.25) is 4.79 Å². The lowest BCUT2D eigenvalue weighted by Crippen LogP contribution is -2.42. The first-order chi connectivity index (χ1) is 11.9. The van der Waals surface area contributed by atoms with Crippen LogP contribution in [0, 0.1) is 11.2 Å². The second-order valence-electron chi connectivity index (χ2n) is 7.00. The molecule has 5 heteroatoms. The predicted molar refractivity (Wildman–Crippen MR) is 100 cm³/mol. The molecule has 0 unspecified atom stereocenters. The van der Waals surface area contributed by atoms with Gasteiger partial charge in [-0.15, -0.1) is 11.6 Å². The highest BCUT2D eigenvalue weighted by Crippen LogP contribution is 2.22. The van der Waals surface area contributed by atoms with Gasteiger partial charge in [0.05, 0.1) is 12.0 Å². The van der Waals surface area contributed by atoms with Crippen LogP contribution in [0.4, 0.5) is 4.39 Å². The summed E-state index contributed by atoms with van der Waals surface area (Å²) in [4.78, 5) is 14.7. The Kier molecular flexibility index (Phi) is 6.65. The summed E-state index contributed by atoms with van der Waals surface area (Å²) in [6, 6.07) is 10.5. The molecule has 0 spiro atoms. The van der Waals surface area contributed by atoms with Gasteiger partial charge in [0.25, 0.3) is 0 Å². The van der Waals surface area contributed by atoms with Crippen molar-refractivity contribution in [1.82, 2.24) is 9.47 Å². The molecule has 0 N–H and O–H groups in total. The molecule has 1 amide bonds. The number of benzene rings is 1. The number of aromatic nitrogens is 1. The molecule has 3 nitrogen and oxygen atoms in total. The Bertz CT molecular complexity index is 711. The Balaban J connectivity index is 2.18. The van der Waals surface area contributed by atoms with Gasteiger partial charge in [-0.1, -0.05) is 19.1 Å². The fourth-order valence-electron chi connectivity index (χ4n) is 2.78. The molecule has 0 saturated carbocycles. The molecule has 25 heavy (non-hydrogen) atoms. The molecule has 1 aromatic carbocycles. The van der Waals surface area contributed by atoms with Crippen molar-refractivity contribution in [1.29, 1.82) is 0 Å². The van der Waals surface area contributed by atoms with E-state index in [2.05, 4.69) is 11.5 Å². The Hall–Kier alpha value is -1.81. The van der Waals surface area contributed by atoms with E-state index in [1.165, 1.54) is 12.1 Å². The molecule has 0 atom stereocenters. The van der Waals surface area contributed by atoms with Gasteiger partial charge in [0, 0.05) is 30.9 Å². The molecular formula is C20H26ClFN2O. The zero-order valence-electron chi connectivity index (χ0n) is 15.1. The SMILES string of the molecule is CCCN(Cc1cccn1Cc1cccc(F)c1)C(=O)C(C)(C)CCl. The largest absolute Gasteiger partial charge is 0.345 e. The quantitative estimate of drug-likeness (QED) is 0.624. The van der Waals surface area contributed by atoms with Crippen LogP contribution in [0.25, 0.3) is 0 Å². The lowest BCUT2D eigenvalue weighted by molar-refractivity contribution is -0.140. The number of carbonyl (C=O) groups excluding carboxylic acids is 1. The van der Waals surface area contributed by atoms with Gasteiger partial charge in [0.1, 0.15) is 5.82 Å². The van der Waals surface area contributed by atoms with Crippen LogP contribution in [-0.4, -0.2) is 27.8 Å². The van der Waals surface area contributed by atoms with Crippen LogP contribution in [0.5, 0.6) is 0 Å². The summed E-state index contributed by atoms with van der Waals surface area (Å²) in [5, 5.41) is 0. The minimum atomic E-state index is -0.587. The van der Waals surface area contributed by atoms with E-state index >= 15 is 0 Å². The Morgan fingerprint density at radius 2 is 2.04 bits per heavy atom. The molecule has 0 bridgehead atoms. The normalized spacial score (nSPS) is 11.6. The number of amides is 1. The van der Waals surface area contributed by atoms with Crippen molar-refractivity contribution in [3.8, 4) is 0 Å². The summed E-state index contributed by atoms with van der Waals surface area (Å²) < 4.78 is 15.5. The minimum Gasteiger partial charge on any atom is -0.345 e. The van der Waals surface area contributed by atoms with E-state index in [4.69, 9.17) is 11.6 Å². The molecule has 0 radical (unpaired) electrons. The second kappa shape index (κ2) is 8.52. The van der Waals surface area contributed by atoms with Crippen molar-refractivity contribution in [2.75, 3.05) is 12.4 Å². The lowest BCUT2D eigenvalue weighted by atomic mass is 9.94. The first-order valence-electron chi connectivity index (χ1n) is 8.61. The number of nitrogens with zero attached hydrogens (tertiary/aromatic N) is 2. The van der Waals surface area contributed by atoms with Crippen LogP contribution in [0.15, 0.2) is 42.6 Å². The summed E-state index contributed by atoms with van der Waals surface area (Å²) in [7, 11) is 0. The summed E-state index contributed by atoms with van der Waals surface area (Å²) in [6.45, 7) is 7.58. The fourth-order valence-corrected chi connectivity index (χ4v) is 2.90. The van der Waals surface area contributed by atoms with Gasteiger partial charge in [0.15, 0.2) is 0 Å². The summed E-state index contributed by atoms with van der Waals surface area (Å²) >= 11 is 5.98. The topological polar surface area (TPSA) is 25.2 Å². The number of alkyl halides is 1. The molecular weight excluding hydrogens is 339 g/mol. The third-order valence-electron chi connectivity index (χ3n) is 4.21. The van der Waals surface area contributed by atoms with E-state index < -0.39 is 5.41 Å². The van der Waals surface area contributed by atoms with Crippen molar-refractivity contribution in [3.05, 3.63) is 59.7 Å². The van der Waals surface area contributed by atoms with Crippen LogP contribution in [-0.2, 0) is 17.9 Å². The van der Waals surface area contributed by atoms with Gasteiger partial charge in [-0.25, -0.2) is 4.39 Å². The molecule has 2 rings (SSSR count). The second-order valence-corrected chi connectivity index (χ2v) is 7.27. The van der Waals surface area contributed by atoms with Crippen LogP contribution in [0.3, 0.4) is 0 Å². The van der Waals surface area contributed by atoms with E-state index in [0.29, 0.717) is 19.6 Å². The highest BCUT2D eigenvalue weighted by atomic mass is 35.5. The van der Waals surface area contributed by atoms with E-state index in [9.17, 15) is 9.18 Å². The highest BCUT2D eigenvalue weighted by Gasteiger charge is 2.31. The predicted octanol–water partition coefficient (Wildman–Crippen LogP) is 4.68. The first kappa shape index (κ1) is 19.5.